The van der Waals surface area contributed by atoms with Gasteiger partial charge in [0.15, 0.2) is 11.5 Å². The van der Waals surface area contributed by atoms with Crippen LogP contribution in [-0.2, 0) is 13.1 Å². The van der Waals surface area contributed by atoms with E-state index in [1.165, 1.54) is 5.56 Å². The van der Waals surface area contributed by atoms with Crippen LogP contribution in [0.1, 0.15) is 11.1 Å². The van der Waals surface area contributed by atoms with E-state index in [2.05, 4.69) is 17.4 Å². The number of ether oxygens (including phenoxy) is 3. The van der Waals surface area contributed by atoms with Gasteiger partial charge in [-0.15, -0.1) is 0 Å². The van der Waals surface area contributed by atoms with Crippen molar-refractivity contribution in [3.8, 4) is 17.2 Å². The van der Waals surface area contributed by atoms with Gasteiger partial charge in [0.1, 0.15) is 19.0 Å². The van der Waals surface area contributed by atoms with Gasteiger partial charge in [-0.2, -0.15) is 0 Å². The van der Waals surface area contributed by atoms with Crippen molar-refractivity contribution in [1.82, 2.24) is 5.32 Å². The van der Waals surface area contributed by atoms with E-state index in [1.54, 1.807) is 7.11 Å². The van der Waals surface area contributed by atoms with Crippen molar-refractivity contribution >= 4 is 0 Å². The van der Waals surface area contributed by atoms with Gasteiger partial charge in [0.2, 0.25) is 0 Å². The summed E-state index contributed by atoms with van der Waals surface area (Å²) in [6, 6.07) is 26.1. The number of nitrogens with one attached hydrogen (secondary N) is 1. The quantitative estimate of drug-likeness (QED) is 0.541. The smallest absolute Gasteiger partial charge is 0.161 e. The number of benzene rings is 3. The highest BCUT2D eigenvalue weighted by atomic mass is 16.5. The first kappa shape index (κ1) is 18.8. The molecule has 140 valence electrons. The molecule has 0 heterocycles. The minimum absolute atomic E-state index is 0.455. The lowest BCUT2D eigenvalue weighted by molar-refractivity contribution is 0.211. The molecule has 0 fully saturated rings. The predicted molar refractivity (Wildman–Crippen MR) is 107 cm³/mol. The van der Waals surface area contributed by atoms with Crippen LogP contribution >= 0.6 is 0 Å². The fraction of sp³-hybridized carbons (Fsp3) is 0.217. The molecular formula is C23H25NO3. The van der Waals surface area contributed by atoms with E-state index in [9.17, 15) is 0 Å². The summed E-state index contributed by atoms with van der Waals surface area (Å²) in [6.07, 6.45) is 0. The molecule has 0 amide bonds. The van der Waals surface area contributed by atoms with Crippen LogP contribution in [0, 0.1) is 0 Å². The highest BCUT2D eigenvalue weighted by Gasteiger charge is 2.06. The Balaban J connectivity index is 1.46. The highest BCUT2D eigenvalue weighted by molar-refractivity contribution is 5.43. The third-order valence-corrected chi connectivity index (χ3v) is 4.08. The number of hydrogen-bond donors (Lipinski definition) is 1. The Morgan fingerprint density at radius 3 is 2.07 bits per heavy atom. The molecular weight excluding hydrogens is 338 g/mol. The Kier molecular flexibility index (Phi) is 7.13. The number of hydrogen-bond acceptors (Lipinski definition) is 4. The molecule has 0 aliphatic rings. The van der Waals surface area contributed by atoms with Crippen LogP contribution in [0.25, 0.3) is 0 Å². The molecule has 1 N–H and O–H groups in total. The first-order valence-electron chi connectivity index (χ1n) is 9.07. The summed E-state index contributed by atoms with van der Waals surface area (Å²) in [5.41, 5.74) is 2.42. The topological polar surface area (TPSA) is 39.7 Å². The van der Waals surface area contributed by atoms with Gasteiger partial charge in [0.05, 0.1) is 7.11 Å². The lowest BCUT2D eigenvalue weighted by Crippen LogP contribution is -2.13. The average molecular weight is 363 g/mol. The molecule has 0 aliphatic carbocycles. The van der Waals surface area contributed by atoms with E-state index in [0.717, 1.165) is 35.9 Å². The zero-order chi connectivity index (χ0) is 18.7. The molecule has 3 rings (SSSR count). The molecule has 0 radical (unpaired) electrons. The molecule has 0 spiro atoms. The summed E-state index contributed by atoms with van der Waals surface area (Å²) in [4.78, 5) is 0. The van der Waals surface area contributed by atoms with Gasteiger partial charge in [-0.25, -0.2) is 0 Å². The van der Waals surface area contributed by atoms with Crippen LogP contribution in [0.3, 0.4) is 0 Å². The van der Waals surface area contributed by atoms with E-state index in [-0.39, 0.29) is 0 Å². The third-order valence-electron chi connectivity index (χ3n) is 4.08. The maximum absolute atomic E-state index is 5.81. The van der Waals surface area contributed by atoms with Crippen molar-refractivity contribution in [3.05, 3.63) is 90.0 Å². The van der Waals surface area contributed by atoms with E-state index < -0.39 is 0 Å². The second-order valence-electron chi connectivity index (χ2n) is 6.08. The van der Waals surface area contributed by atoms with Crippen molar-refractivity contribution in [2.45, 2.75) is 13.1 Å². The summed E-state index contributed by atoms with van der Waals surface area (Å²) >= 11 is 0. The Labute approximate surface area is 160 Å². The summed E-state index contributed by atoms with van der Waals surface area (Å²) in [6.45, 7) is 2.53. The zero-order valence-electron chi connectivity index (χ0n) is 15.6. The Morgan fingerprint density at radius 1 is 0.667 bits per heavy atom. The minimum Gasteiger partial charge on any atom is -0.493 e. The van der Waals surface area contributed by atoms with Gasteiger partial charge in [0.25, 0.3) is 0 Å². The molecule has 4 heteroatoms. The molecule has 0 saturated carbocycles. The standard InChI is InChI=1S/C23H25NO3/c1-25-23-16-20(18-24-17-19-8-4-2-5-9-19)12-13-22(23)27-15-14-26-21-10-6-3-7-11-21/h2-13,16,24H,14-15,17-18H2,1H3. The Bertz CT molecular complexity index is 806. The SMILES string of the molecule is COc1cc(CNCc2ccccc2)ccc1OCCOc1ccccc1. The Morgan fingerprint density at radius 2 is 1.33 bits per heavy atom. The predicted octanol–water partition coefficient (Wildman–Crippen LogP) is 4.44. The summed E-state index contributed by atoms with van der Waals surface area (Å²) < 4.78 is 16.9. The second kappa shape index (κ2) is 10.2. The van der Waals surface area contributed by atoms with E-state index in [1.807, 2.05) is 66.7 Å². The van der Waals surface area contributed by atoms with Gasteiger partial charge in [-0.05, 0) is 35.4 Å². The molecule has 0 atom stereocenters. The monoisotopic (exact) mass is 363 g/mol. The van der Waals surface area contributed by atoms with Crippen LogP contribution < -0.4 is 19.5 Å². The fourth-order valence-corrected chi connectivity index (χ4v) is 2.72. The molecule has 0 aromatic heterocycles. The lowest BCUT2D eigenvalue weighted by atomic mass is 10.2. The van der Waals surface area contributed by atoms with Gasteiger partial charge >= 0.3 is 0 Å². The van der Waals surface area contributed by atoms with Crippen LogP contribution in [-0.4, -0.2) is 20.3 Å². The van der Waals surface area contributed by atoms with Gasteiger partial charge in [-0.3, -0.25) is 0 Å². The largest absolute Gasteiger partial charge is 0.493 e. The summed E-state index contributed by atoms with van der Waals surface area (Å²) in [5.74, 6) is 2.29. The van der Waals surface area contributed by atoms with Crippen LogP contribution in [0.4, 0.5) is 0 Å². The summed E-state index contributed by atoms with van der Waals surface area (Å²) in [5, 5.41) is 3.44. The molecule has 3 aromatic carbocycles. The maximum Gasteiger partial charge on any atom is 0.161 e. The van der Waals surface area contributed by atoms with E-state index >= 15 is 0 Å². The molecule has 3 aromatic rings. The van der Waals surface area contributed by atoms with Crippen LogP contribution in [0.15, 0.2) is 78.9 Å². The first-order chi connectivity index (χ1) is 13.3. The first-order valence-corrected chi connectivity index (χ1v) is 9.07. The molecule has 0 aliphatic heterocycles. The molecule has 0 unspecified atom stereocenters. The normalized spacial score (nSPS) is 10.4. The molecule has 0 bridgehead atoms. The van der Waals surface area contributed by atoms with Crippen molar-refractivity contribution < 1.29 is 14.2 Å². The van der Waals surface area contributed by atoms with Crippen molar-refractivity contribution in [2.24, 2.45) is 0 Å². The fourth-order valence-electron chi connectivity index (χ4n) is 2.72. The minimum atomic E-state index is 0.455. The lowest BCUT2D eigenvalue weighted by Gasteiger charge is -2.13. The Hall–Kier alpha value is -2.98. The van der Waals surface area contributed by atoms with E-state index in [4.69, 9.17) is 14.2 Å². The van der Waals surface area contributed by atoms with Crippen molar-refractivity contribution in [2.75, 3.05) is 20.3 Å². The number of para-hydroxylation sites is 1. The van der Waals surface area contributed by atoms with Crippen molar-refractivity contribution in [3.63, 3.8) is 0 Å². The summed E-state index contributed by atoms with van der Waals surface area (Å²) in [7, 11) is 1.66. The van der Waals surface area contributed by atoms with Crippen LogP contribution in [0.2, 0.25) is 0 Å². The molecule has 0 saturated heterocycles. The average Bonchev–Trinajstić information content (AvgIpc) is 2.73. The van der Waals surface area contributed by atoms with Crippen molar-refractivity contribution in [1.29, 1.82) is 0 Å². The third kappa shape index (κ3) is 6.04. The van der Waals surface area contributed by atoms with Gasteiger partial charge in [-0.1, -0.05) is 54.6 Å². The van der Waals surface area contributed by atoms with Gasteiger partial charge < -0.3 is 19.5 Å². The van der Waals surface area contributed by atoms with Gasteiger partial charge in [0, 0.05) is 13.1 Å². The molecule has 27 heavy (non-hydrogen) atoms. The van der Waals surface area contributed by atoms with Crippen LogP contribution in [0.5, 0.6) is 17.2 Å². The maximum atomic E-state index is 5.81. The zero-order valence-corrected chi connectivity index (χ0v) is 15.6. The highest BCUT2D eigenvalue weighted by Crippen LogP contribution is 2.28. The number of methoxy groups -OCH3 is 1. The molecule has 4 nitrogen and oxygen atoms in total. The number of rotatable bonds is 10. The van der Waals surface area contributed by atoms with E-state index in [0.29, 0.717) is 13.2 Å². The second-order valence-corrected chi connectivity index (χ2v) is 6.08.